The van der Waals surface area contributed by atoms with E-state index in [9.17, 15) is 0 Å². The van der Waals surface area contributed by atoms with Gasteiger partial charge in [-0.25, -0.2) is 0 Å². The second-order valence-electron chi connectivity index (χ2n) is 6.04. The van der Waals surface area contributed by atoms with Crippen LogP contribution in [0.15, 0.2) is 77.9 Å². The van der Waals surface area contributed by atoms with Crippen LogP contribution in [0.4, 0.5) is 5.69 Å². The highest BCUT2D eigenvalue weighted by Gasteiger charge is 1.99. The first-order valence-corrected chi connectivity index (χ1v) is 9.62. The van der Waals surface area contributed by atoms with Crippen molar-refractivity contribution in [2.24, 2.45) is 5.10 Å². The highest BCUT2D eigenvalue weighted by molar-refractivity contribution is 7.80. The zero-order valence-electron chi connectivity index (χ0n) is 15.8. The summed E-state index contributed by atoms with van der Waals surface area (Å²) < 4.78 is 11.0. The molecule has 7 heteroatoms. The van der Waals surface area contributed by atoms with Gasteiger partial charge in [0.25, 0.3) is 0 Å². The highest BCUT2D eigenvalue weighted by Crippen LogP contribution is 2.16. The second-order valence-corrected chi connectivity index (χ2v) is 6.88. The average Bonchev–Trinajstić information content (AvgIpc) is 2.74. The van der Waals surface area contributed by atoms with Gasteiger partial charge in [-0.15, -0.1) is 0 Å². The molecule has 0 atom stereocenters. The number of hydrogen-bond donors (Lipinski definition) is 2. The predicted octanol–water partition coefficient (Wildman–Crippen LogP) is 5.25. The molecule has 29 heavy (non-hydrogen) atoms. The lowest BCUT2D eigenvalue weighted by Crippen LogP contribution is -2.23. The molecule has 0 aromatic heterocycles. The topological polar surface area (TPSA) is 54.9 Å². The van der Waals surface area contributed by atoms with Gasteiger partial charge in [-0.05, 0) is 71.9 Å². The number of nitrogens with one attached hydrogen (secondary N) is 2. The number of benzene rings is 3. The van der Waals surface area contributed by atoms with E-state index in [2.05, 4.69) is 15.8 Å². The number of hydrogen-bond acceptors (Lipinski definition) is 4. The highest BCUT2D eigenvalue weighted by atomic mass is 35.5. The average molecular weight is 426 g/mol. The third-order valence-electron chi connectivity index (χ3n) is 3.90. The van der Waals surface area contributed by atoms with E-state index in [4.69, 9.17) is 33.3 Å². The van der Waals surface area contributed by atoms with E-state index in [0.29, 0.717) is 16.7 Å². The van der Waals surface area contributed by atoms with Crippen LogP contribution < -0.4 is 20.2 Å². The molecule has 0 unspecified atom stereocenters. The van der Waals surface area contributed by atoms with E-state index < -0.39 is 0 Å². The zero-order valence-corrected chi connectivity index (χ0v) is 17.3. The first kappa shape index (κ1) is 20.6. The fraction of sp³-hybridized carbons (Fsp3) is 0.0909. The van der Waals surface area contributed by atoms with Crippen LogP contribution in [-0.2, 0) is 6.61 Å². The van der Waals surface area contributed by atoms with Crippen molar-refractivity contribution in [1.29, 1.82) is 0 Å². The predicted molar refractivity (Wildman–Crippen MR) is 122 cm³/mol. The summed E-state index contributed by atoms with van der Waals surface area (Å²) in [7, 11) is 1.63. The van der Waals surface area contributed by atoms with E-state index in [0.717, 1.165) is 28.3 Å². The van der Waals surface area contributed by atoms with Gasteiger partial charge in [0.05, 0.1) is 13.3 Å². The molecule has 0 aliphatic rings. The minimum absolute atomic E-state index is 0.390. The Balaban J connectivity index is 1.50. The smallest absolute Gasteiger partial charge is 0.191 e. The van der Waals surface area contributed by atoms with Crippen molar-refractivity contribution in [2.75, 3.05) is 12.4 Å². The fourth-order valence-electron chi connectivity index (χ4n) is 2.43. The zero-order chi connectivity index (χ0) is 20.5. The molecule has 0 aliphatic carbocycles. The van der Waals surface area contributed by atoms with Crippen LogP contribution in [0.25, 0.3) is 0 Å². The number of hydrazone groups is 1. The van der Waals surface area contributed by atoms with Crippen molar-refractivity contribution in [3.05, 3.63) is 88.9 Å². The van der Waals surface area contributed by atoms with Gasteiger partial charge in [0.15, 0.2) is 5.11 Å². The van der Waals surface area contributed by atoms with E-state index in [1.165, 1.54) is 0 Å². The summed E-state index contributed by atoms with van der Waals surface area (Å²) in [4.78, 5) is 0. The van der Waals surface area contributed by atoms with Crippen molar-refractivity contribution >= 4 is 40.8 Å². The standard InChI is InChI=1S/C22H20ClN3O2S/c1-27-20-11-9-19(10-12-20)25-22(29)26-24-14-17-3-2-4-21(13-17)28-15-16-5-7-18(23)8-6-16/h2-14H,15H2,1H3,(H2,25,26,29)/b24-14+. The maximum atomic E-state index is 5.90. The van der Waals surface area contributed by atoms with E-state index in [1.54, 1.807) is 13.3 Å². The summed E-state index contributed by atoms with van der Waals surface area (Å²) in [5, 5.41) is 8.31. The molecular weight excluding hydrogens is 406 g/mol. The Bertz CT molecular complexity index is 976. The molecule has 5 nitrogen and oxygen atoms in total. The van der Waals surface area contributed by atoms with E-state index >= 15 is 0 Å². The molecule has 0 bridgehead atoms. The lowest BCUT2D eigenvalue weighted by Gasteiger charge is -2.08. The molecular formula is C22H20ClN3O2S. The molecule has 0 fully saturated rings. The Hall–Kier alpha value is -3.09. The van der Waals surface area contributed by atoms with Crippen molar-refractivity contribution in [3.63, 3.8) is 0 Å². The van der Waals surface area contributed by atoms with Gasteiger partial charge in [0, 0.05) is 10.7 Å². The minimum Gasteiger partial charge on any atom is -0.497 e. The maximum Gasteiger partial charge on any atom is 0.191 e. The maximum absolute atomic E-state index is 5.90. The lowest BCUT2D eigenvalue weighted by atomic mass is 10.2. The number of anilines is 1. The van der Waals surface area contributed by atoms with Gasteiger partial charge < -0.3 is 14.8 Å². The molecule has 148 valence electrons. The Kier molecular flexibility index (Phi) is 7.44. The van der Waals surface area contributed by atoms with Crippen molar-refractivity contribution in [3.8, 4) is 11.5 Å². The Labute approximate surface area is 180 Å². The van der Waals surface area contributed by atoms with Gasteiger partial charge in [-0.1, -0.05) is 35.9 Å². The number of thiocarbonyl (C=S) groups is 1. The van der Waals surface area contributed by atoms with Crippen molar-refractivity contribution in [1.82, 2.24) is 5.43 Å². The lowest BCUT2D eigenvalue weighted by molar-refractivity contribution is 0.306. The van der Waals surface area contributed by atoms with Crippen LogP contribution in [0.3, 0.4) is 0 Å². The summed E-state index contributed by atoms with van der Waals surface area (Å²) in [5.41, 5.74) is 5.57. The fourth-order valence-corrected chi connectivity index (χ4v) is 2.73. The largest absolute Gasteiger partial charge is 0.497 e. The first-order valence-electron chi connectivity index (χ1n) is 8.84. The number of methoxy groups -OCH3 is 1. The Morgan fingerprint density at radius 2 is 1.79 bits per heavy atom. The van der Waals surface area contributed by atoms with Crippen LogP contribution in [0.5, 0.6) is 11.5 Å². The number of nitrogens with zero attached hydrogens (tertiary/aromatic N) is 1. The van der Waals surface area contributed by atoms with Crippen LogP contribution in [-0.4, -0.2) is 18.4 Å². The summed E-state index contributed by atoms with van der Waals surface area (Å²) in [6.07, 6.45) is 1.68. The summed E-state index contributed by atoms with van der Waals surface area (Å²) in [6.45, 7) is 0.464. The third kappa shape index (κ3) is 6.78. The van der Waals surface area contributed by atoms with Crippen molar-refractivity contribution < 1.29 is 9.47 Å². The van der Waals surface area contributed by atoms with E-state index in [-0.39, 0.29) is 0 Å². The van der Waals surface area contributed by atoms with Gasteiger partial charge in [0.2, 0.25) is 0 Å². The molecule has 0 radical (unpaired) electrons. The third-order valence-corrected chi connectivity index (χ3v) is 4.35. The van der Waals surface area contributed by atoms with Crippen LogP contribution >= 0.6 is 23.8 Å². The Morgan fingerprint density at radius 3 is 2.52 bits per heavy atom. The molecule has 3 rings (SSSR count). The monoisotopic (exact) mass is 425 g/mol. The SMILES string of the molecule is COc1ccc(NC(=S)N/N=C/c2cccc(OCc3ccc(Cl)cc3)c2)cc1. The van der Waals surface area contributed by atoms with Crippen LogP contribution in [0, 0.1) is 0 Å². The Morgan fingerprint density at radius 1 is 1.03 bits per heavy atom. The van der Waals surface area contributed by atoms with Gasteiger partial charge in [-0.2, -0.15) is 5.10 Å². The molecule has 0 amide bonds. The molecule has 0 saturated heterocycles. The molecule has 0 heterocycles. The normalized spacial score (nSPS) is 10.6. The van der Waals surface area contributed by atoms with E-state index in [1.807, 2.05) is 72.8 Å². The molecule has 3 aromatic rings. The summed E-state index contributed by atoms with van der Waals surface area (Å²) in [6, 6.07) is 22.7. The van der Waals surface area contributed by atoms with Gasteiger partial charge >= 0.3 is 0 Å². The second kappa shape index (κ2) is 10.5. The molecule has 2 N–H and O–H groups in total. The van der Waals surface area contributed by atoms with Crippen LogP contribution in [0.1, 0.15) is 11.1 Å². The first-order chi connectivity index (χ1) is 14.1. The van der Waals surface area contributed by atoms with Gasteiger partial charge in [-0.3, -0.25) is 5.43 Å². The number of ether oxygens (including phenoxy) is 2. The number of rotatable bonds is 7. The quantitative estimate of drug-likeness (QED) is 0.307. The molecule has 0 aliphatic heterocycles. The van der Waals surface area contributed by atoms with Gasteiger partial charge in [0.1, 0.15) is 18.1 Å². The summed E-state index contributed by atoms with van der Waals surface area (Å²) >= 11 is 11.1. The molecule has 0 saturated carbocycles. The van der Waals surface area contributed by atoms with Crippen LogP contribution in [0.2, 0.25) is 5.02 Å². The van der Waals surface area contributed by atoms with Crippen molar-refractivity contribution in [2.45, 2.75) is 6.61 Å². The molecule has 3 aromatic carbocycles. The minimum atomic E-state index is 0.390. The molecule has 0 spiro atoms. The summed E-state index contributed by atoms with van der Waals surface area (Å²) in [5.74, 6) is 1.54. The number of halogens is 1.